The lowest BCUT2D eigenvalue weighted by Crippen LogP contribution is -2.66. The molecule has 0 rings (SSSR count). The standard InChI is InChI=1S/C13H14F12O2Si/c1-4-6(8(26,10(14,15)16)11(17,18)19)28(3)7(5-2)9(27,12(20,21)22)13(23,24)25/h4-7,26-28H,1-2H2,3H3. The predicted molar refractivity (Wildman–Crippen MR) is 75.0 cm³/mol. The van der Waals surface area contributed by atoms with Crippen molar-refractivity contribution in [3.63, 3.8) is 0 Å². The predicted octanol–water partition coefficient (Wildman–Crippen LogP) is 4.67. The van der Waals surface area contributed by atoms with E-state index >= 15 is 0 Å². The van der Waals surface area contributed by atoms with Gasteiger partial charge in [0.15, 0.2) is 0 Å². The summed E-state index contributed by atoms with van der Waals surface area (Å²) in [5, 5.41) is 18.7. The van der Waals surface area contributed by atoms with E-state index < -0.39 is 55.8 Å². The number of rotatable bonds is 6. The van der Waals surface area contributed by atoms with Crippen LogP contribution in [0, 0.1) is 0 Å². The van der Waals surface area contributed by atoms with E-state index in [9.17, 15) is 62.9 Å². The molecule has 0 amide bonds. The first-order valence-corrected chi connectivity index (χ1v) is 9.51. The van der Waals surface area contributed by atoms with Gasteiger partial charge in [0.2, 0.25) is 0 Å². The molecule has 0 fully saturated rings. The summed E-state index contributed by atoms with van der Waals surface area (Å²) < 4.78 is 156. The Balaban J connectivity index is 6.78. The Morgan fingerprint density at radius 2 is 0.786 bits per heavy atom. The summed E-state index contributed by atoms with van der Waals surface area (Å²) in [6.07, 6.45) is -26.5. The summed E-state index contributed by atoms with van der Waals surface area (Å²) in [6, 6.07) is 0. The fourth-order valence-electron chi connectivity index (χ4n) is 2.83. The van der Waals surface area contributed by atoms with Crippen molar-refractivity contribution < 1.29 is 62.9 Å². The van der Waals surface area contributed by atoms with E-state index in [1.807, 2.05) is 0 Å². The largest absolute Gasteiger partial charge is 0.426 e. The monoisotopic (exact) mass is 458 g/mol. The first-order valence-electron chi connectivity index (χ1n) is 7.02. The van der Waals surface area contributed by atoms with Crippen molar-refractivity contribution in [2.24, 2.45) is 0 Å². The molecule has 2 nitrogen and oxygen atoms in total. The average Bonchev–Trinajstić information content (AvgIpc) is 2.43. The number of alkyl halides is 12. The maximum atomic E-state index is 13.0. The van der Waals surface area contributed by atoms with Crippen LogP contribution in [-0.4, -0.2) is 54.9 Å². The smallest absolute Gasteiger partial charge is 0.373 e. The fraction of sp³-hybridized carbons (Fsp3) is 0.692. The van der Waals surface area contributed by atoms with Gasteiger partial charge >= 0.3 is 24.7 Å². The Bertz CT molecular complexity index is 496. The SMILES string of the molecule is C=CC([SiH](C)C(C=C)C(O)(C(F)(F)F)C(F)(F)F)C(O)(C(F)(F)F)C(F)(F)F. The van der Waals surface area contributed by atoms with Crippen molar-refractivity contribution in [3.05, 3.63) is 25.3 Å². The highest BCUT2D eigenvalue weighted by Crippen LogP contribution is 2.57. The Morgan fingerprint density at radius 3 is 0.893 bits per heavy atom. The summed E-state index contributed by atoms with van der Waals surface area (Å²) in [6.45, 7) is 5.46. The Hall–Kier alpha value is -1.22. The fourth-order valence-corrected chi connectivity index (χ4v) is 6.42. The van der Waals surface area contributed by atoms with E-state index in [4.69, 9.17) is 0 Å². The molecule has 0 aliphatic rings. The van der Waals surface area contributed by atoms with Gasteiger partial charge < -0.3 is 10.2 Å². The molecule has 0 saturated carbocycles. The molecular formula is C13H14F12O2Si. The molecule has 0 aromatic heterocycles. The molecule has 28 heavy (non-hydrogen) atoms. The van der Waals surface area contributed by atoms with Crippen LogP contribution in [0.25, 0.3) is 0 Å². The van der Waals surface area contributed by atoms with Gasteiger partial charge in [-0.2, -0.15) is 52.7 Å². The van der Waals surface area contributed by atoms with Crippen molar-refractivity contribution in [1.29, 1.82) is 0 Å². The Kier molecular flexibility index (Phi) is 7.22. The van der Waals surface area contributed by atoms with Gasteiger partial charge in [-0.25, -0.2) is 0 Å². The van der Waals surface area contributed by atoms with Gasteiger partial charge in [-0.1, -0.05) is 18.7 Å². The second kappa shape index (κ2) is 7.55. The molecule has 2 N–H and O–H groups in total. The number of aliphatic hydroxyl groups is 2. The molecule has 15 heteroatoms. The van der Waals surface area contributed by atoms with Crippen LogP contribution in [0.4, 0.5) is 52.7 Å². The molecule has 0 heterocycles. The van der Waals surface area contributed by atoms with Crippen LogP contribution in [0.3, 0.4) is 0 Å². The van der Waals surface area contributed by atoms with Gasteiger partial charge in [0.25, 0.3) is 11.2 Å². The molecule has 0 bridgehead atoms. The van der Waals surface area contributed by atoms with Crippen molar-refractivity contribution in [2.75, 3.05) is 0 Å². The lowest BCUT2D eigenvalue weighted by atomic mass is 9.96. The highest BCUT2D eigenvalue weighted by Gasteiger charge is 2.78. The van der Waals surface area contributed by atoms with Crippen molar-refractivity contribution in [3.8, 4) is 0 Å². The van der Waals surface area contributed by atoms with Gasteiger partial charge in [0.1, 0.15) is 0 Å². The molecular weight excluding hydrogens is 444 g/mol. The maximum absolute atomic E-state index is 13.0. The number of halogens is 12. The molecule has 0 aliphatic heterocycles. The van der Waals surface area contributed by atoms with Crippen molar-refractivity contribution in [1.82, 2.24) is 0 Å². The molecule has 0 saturated heterocycles. The molecule has 0 aromatic rings. The lowest BCUT2D eigenvalue weighted by Gasteiger charge is -2.45. The third kappa shape index (κ3) is 4.05. The molecule has 166 valence electrons. The van der Waals surface area contributed by atoms with Crippen molar-refractivity contribution in [2.45, 2.75) is 53.5 Å². The van der Waals surface area contributed by atoms with Gasteiger partial charge in [0, 0.05) is 11.1 Å². The number of hydrogen-bond acceptors (Lipinski definition) is 2. The van der Waals surface area contributed by atoms with Gasteiger partial charge in [-0.3, -0.25) is 0 Å². The molecule has 2 unspecified atom stereocenters. The summed E-state index contributed by atoms with van der Waals surface area (Å²) in [4.78, 5) is 0. The molecule has 0 radical (unpaired) electrons. The highest BCUT2D eigenvalue weighted by molar-refractivity contribution is 6.62. The average molecular weight is 458 g/mol. The minimum atomic E-state index is -6.52. The van der Waals surface area contributed by atoms with Gasteiger partial charge in [-0.05, 0) is 0 Å². The van der Waals surface area contributed by atoms with Crippen LogP contribution < -0.4 is 0 Å². The lowest BCUT2D eigenvalue weighted by molar-refractivity contribution is -0.370. The zero-order valence-corrected chi connectivity index (χ0v) is 14.9. The third-order valence-electron chi connectivity index (χ3n) is 4.33. The summed E-state index contributed by atoms with van der Waals surface area (Å²) in [7, 11) is -4.70. The van der Waals surface area contributed by atoms with E-state index in [1.165, 1.54) is 0 Å². The van der Waals surface area contributed by atoms with Crippen LogP contribution >= 0.6 is 0 Å². The zero-order valence-electron chi connectivity index (χ0n) is 13.7. The maximum Gasteiger partial charge on any atom is 0.426 e. The molecule has 0 aliphatic carbocycles. The second-order valence-electron chi connectivity index (χ2n) is 5.91. The third-order valence-corrected chi connectivity index (χ3v) is 8.11. The van der Waals surface area contributed by atoms with Crippen molar-refractivity contribution >= 4 is 8.80 Å². The minimum absolute atomic E-state index is 0.221. The summed E-state index contributed by atoms with van der Waals surface area (Å²) in [5.74, 6) is 0. The van der Waals surface area contributed by atoms with Crippen LogP contribution in [0.5, 0.6) is 0 Å². The van der Waals surface area contributed by atoms with E-state index in [1.54, 1.807) is 0 Å². The van der Waals surface area contributed by atoms with Crippen LogP contribution in [0.15, 0.2) is 25.3 Å². The Labute approximate surface area is 151 Å². The Morgan fingerprint density at radius 1 is 0.607 bits per heavy atom. The highest BCUT2D eigenvalue weighted by atomic mass is 28.3. The van der Waals surface area contributed by atoms with Crippen LogP contribution in [0.1, 0.15) is 0 Å². The van der Waals surface area contributed by atoms with E-state index in [-0.39, 0.29) is 18.7 Å². The topological polar surface area (TPSA) is 40.5 Å². The zero-order chi connectivity index (χ0) is 23.1. The second-order valence-corrected chi connectivity index (χ2v) is 9.06. The number of hydrogen-bond donors (Lipinski definition) is 2. The van der Waals surface area contributed by atoms with Gasteiger partial charge in [0.05, 0.1) is 8.80 Å². The minimum Gasteiger partial charge on any atom is -0.373 e. The first kappa shape index (κ1) is 26.8. The van der Waals surface area contributed by atoms with E-state index in [0.717, 1.165) is 0 Å². The summed E-state index contributed by atoms with van der Waals surface area (Å²) >= 11 is 0. The first-order chi connectivity index (χ1) is 12.1. The normalized spacial score (nSPS) is 18.4. The van der Waals surface area contributed by atoms with Gasteiger partial charge in [-0.15, -0.1) is 13.2 Å². The molecule has 2 atom stereocenters. The molecule has 0 aromatic carbocycles. The summed E-state index contributed by atoms with van der Waals surface area (Å²) in [5.41, 5.74) is -18.0. The van der Waals surface area contributed by atoms with E-state index in [2.05, 4.69) is 13.2 Å². The molecule has 0 spiro atoms. The van der Waals surface area contributed by atoms with E-state index in [0.29, 0.717) is 0 Å². The quantitative estimate of drug-likeness (QED) is 0.345. The van der Waals surface area contributed by atoms with Crippen LogP contribution in [-0.2, 0) is 0 Å². The van der Waals surface area contributed by atoms with Crippen LogP contribution in [0.2, 0.25) is 17.6 Å².